The highest BCUT2D eigenvalue weighted by Crippen LogP contribution is 2.36. The molecule has 2 aromatic rings. The Morgan fingerprint density at radius 1 is 1.21 bits per heavy atom. The third-order valence-corrected chi connectivity index (χ3v) is 7.29. The van der Waals surface area contributed by atoms with Crippen molar-refractivity contribution in [2.45, 2.75) is 50.3 Å². The maximum Gasteiger partial charge on any atom is 0.235 e. The number of anilines is 1. The van der Waals surface area contributed by atoms with Crippen LogP contribution in [0.4, 0.5) is 10.1 Å². The molecule has 2 aromatic carbocycles. The Kier molecular flexibility index (Phi) is 7.14. The van der Waals surface area contributed by atoms with E-state index in [1.54, 1.807) is 14.0 Å². The molecule has 0 aromatic heterocycles. The minimum atomic E-state index is -3.51. The van der Waals surface area contributed by atoms with Crippen molar-refractivity contribution in [3.8, 4) is 5.75 Å². The maximum atomic E-state index is 13.0. The molecule has 7 heteroatoms. The van der Waals surface area contributed by atoms with Gasteiger partial charge in [0.15, 0.2) is 0 Å². The third-order valence-electron chi connectivity index (χ3n) is 5.48. The van der Waals surface area contributed by atoms with Gasteiger partial charge in [0, 0.05) is 17.3 Å². The zero-order valence-electron chi connectivity index (χ0n) is 16.9. The summed E-state index contributed by atoms with van der Waals surface area (Å²) in [6, 6.07) is 11.7. The summed E-state index contributed by atoms with van der Waals surface area (Å²) in [6.07, 6.45) is 4.52. The molecular formula is C22H29FN2O3S. The van der Waals surface area contributed by atoms with Gasteiger partial charge in [0.05, 0.1) is 12.4 Å². The van der Waals surface area contributed by atoms with E-state index in [1.165, 1.54) is 35.4 Å². The predicted molar refractivity (Wildman–Crippen MR) is 114 cm³/mol. The Morgan fingerprint density at radius 3 is 2.69 bits per heavy atom. The number of sulfonamides is 1. The van der Waals surface area contributed by atoms with Gasteiger partial charge in [0.2, 0.25) is 10.0 Å². The molecule has 0 saturated carbocycles. The molecule has 0 radical (unpaired) electrons. The zero-order valence-corrected chi connectivity index (χ0v) is 17.8. The lowest BCUT2D eigenvalue weighted by atomic mass is 9.87. The van der Waals surface area contributed by atoms with Crippen LogP contribution in [0.5, 0.6) is 5.75 Å². The third kappa shape index (κ3) is 5.48. The zero-order chi connectivity index (χ0) is 20.9. The Balaban J connectivity index is 1.51. The molecule has 0 heterocycles. The summed E-state index contributed by atoms with van der Waals surface area (Å²) in [5.41, 5.74) is 2.94. The van der Waals surface area contributed by atoms with Gasteiger partial charge in [0.25, 0.3) is 0 Å². The normalized spacial score (nSPS) is 17.4. The summed E-state index contributed by atoms with van der Waals surface area (Å²) in [7, 11) is -1.81. The van der Waals surface area contributed by atoms with Crippen LogP contribution in [-0.4, -0.2) is 27.3 Å². The van der Waals surface area contributed by atoms with E-state index in [9.17, 15) is 12.8 Å². The number of methoxy groups -OCH3 is 1. The monoisotopic (exact) mass is 420 g/mol. The number of hydrogen-bond donors (Lipinski definition) is 2. The van der Waals surface area contributed by atoms with Gasteiger partial charge in [-0.05, 0) is 81.5 Å². The second kappa shape index (κ2) is 9.59. The van der Waals surface area contributed by atoms with Crippen LogP contribution in [0, 0.1) is 5.82 Å². The standard InChI is InChI=1S/C22H29FN2O3S/c1-16(29(26,27)25-19-13-11-18(23)12-14-19)6-5-15-24-20-9-3-7-17-8-4-10-21(28-2)22(17)20/h4,8,10-14,16,20,24-25H,3,5-7,9,15H2,1-2H3. The Labute approximate surface area is 172 Å². The Bertz CT molecular complexity index is 902. The van der Waals surface area contributed by atoms with Crippen LogP contribution in [0.1, 0.15) is 49.8 Å². The average molecular weight is 421 g/mol. The van der Waals surface area contributed by atoms with Crippen molar-refractivity contribution in [1.82, 2.24) is 5.32 Å². The van der Waals surface area contributed by atoms with Crippen molar-refractivity contribution in [2.75, 3.05) is 18.4 Å². The number of benzene rings is 2. The fourth-order valence-corrected chi connectivity index (χ4v) is 4.97. The smallest absolute Gasteiger partial charge is 0.235 e. The average Bonchev–Trinajstić information content (AvgIpc) is 2.72. The molecule has 0 fully saturated rings. The van der Waals surface area contributed by atoms with E-state index in [2.05, 4.69) is 16.1 Å². The summed E-state index contributed by atoms with van der Waals surface area (Å²) in [5.74, 6) is 0.520. The van der Waals surface area contributed by atoms with Crippen molar-refractivity contribution in [3.63, 3.8) is 0 Å². The minimum absolute atomic E-state index is 0.235. The maximum absolute atomic E-state index is 13.0. The predicted octanol–water partition coefficient (Wildman–Crippen LogP) is 4.41. The molecule has 3 rings (SSSR count). The molecule has 0 amide bonds. The number of hydrogen-bond acceptors (Lipinski definition) is 4. The van der Waals surface area contributed by atoms with Crippen LogP contribution in [0.25, 0.3) is 0 Å². The molecular weight excluding hydrogens is 391 g/mol. The fraction of sp³-hybridized carbons (Fsp3) is 0.455. The van der Waals surface area contributed by atoms with Crippen LogP contribution in [0.3, 0.4) is 0 Å². The molecule has 29 heavy (non-hydrogen) atoms. The number of fused-ring (bicyclic) bond motifs is 1. The molecule has 5 nitrogen and oxygen atoms in total. The van der Waals surface area contributed by atoms with Crippen LogP contribution in [0.15, 0.2) is 42.5 Å². The molecule has 0 spiro atoms. The fourth-order valence-electron chi connectivity index (χ4n) is 3.83. The van der Waals surface area contributed by atoms with Crippen molar-refractivity contribution >= 4 is 15.7 Å². The highest BCUT2D eigenvalue weighted by molar-refractivity contribution is 7.93. The van der Waals surface area contributed by atoms with Crippen molar-refractivity contribution in [2.24, 2.45) is 0 Å². The topological polar surface area (TPSA) is 67.4 Å². The van der Waals surface area contributed by atoms with Gasteiger partial charge in [-0.15, -0.1) is 0 Å². The number of halogens is 1. The van der Waals surface area contributed by atoms with Crippen molar-refractivity contribution in [1.29, 1.82) is 0 Å². The first-order valence-electron chi connectivity index (χ1n) is 10.1. The molecule has 0 aliphatic heterocycles. The van der Waals surface area contributed by atoms with Gasteiger partial charge >= 0.3 is 0 Å². The summed E-state index contributed by atoms with van der Waals surface area (Å²) in [5, 5.41) is 3.04. The van der Waals surface area contributed by atoms with Gasteiger partial charge in [-0.3, -0.25) is 4.72 Å². The summed E-state index contributed by atoms with van der Waals surface area (Å²) in [6.45, 7) is 2.43. The summed E-state index contributed by atoms with van der Waals surface area (Å²) >= 11 is 0. The van der Waals surface area contributed by atoms with E-state index < -0.39 is 21.1 Å². The molecule has 1 aliphatic rings. The van der Waals surface area contributed by atoms with E-state index in [4.69, 9.17) is 4.74 Å². The first kappa shape index (κ1) is 21.6. The largest absolute Gasteiger partial charge is 0.496 e. The SMILES string of the molecule is COc1cccc2c1C(NCCCC(C)S(=O)(=O)Nc1ccc(F)cc1)CCC2. The number of rotatable bonds is 9. The van der Waals surface area contributed by atoms with E-state index >= 15 is 0 Å². The van der Waals surface area contributed by atoms with Gasteiger partial charge in [-0.2, -0.15) is 0 Å². The highest BCUT2D eigenvalue weighted by Gasteiger charge is 2.24. The minimum Gasteiger partial charge on any atom is -0.496 e. The van der Waals surface area contributed by atoms with E-state index in [0.717, 1.165) is 38.0 Å². The first-order chi connectivity index (χ1) is 13.9. The first-order valence-corrected chi connectivity index (χ1v) is 11.6. The quantitative estimate of drug-likeness (QED) is 0.590. The van der Waals surface area contributed by atoms with Gasteiger partial charge < -0.3 is 10.1 Å². The summed E-state index contributed by atoms with van der Waals surface area (Å²) < 4.78 is 46.0. The van der Waals surface area contributed by atoms with Crippen molar-refractivity contribution in [3.05, 3.63) is 59.4 Å². The molecule has 0 bridgehead atoms. The molecule has 0 saturated heterocycles. The molecule has 158 valence electrons. The number of aryl methyl sites for hydroxylation is 1. The summed E-state index contributed by atoms with van der Waals surface area (Å²) in [4.78, 5) is 0. The lowest BCUT2D eigenvalue weighted by Gasteiger charge is -2.28. The second-order valence-corrected chi connectivity index (χ2v) is 9.64. The van der Waals surface area contributed by atoms with Crippen molar-refractivity contribution < 1.29 is 17.5 Å². The van der Waals surface area contributed by atoms with E-state index in [-0.39, 0.29) is 6.04 Å². The molecule has 1 aliphatic carbocycles. The van der Waals surface area contributed by atoms with E-state index in [1.807, 2.05) is 12.1 Å². The van der Waals surface area contributed by atoms with E-state index in [0.29, 0.717) is 12.1 Å². The number of ether oxygens (including phenoxy) is 1. The molecule has 2 atom stereocenters. The van der Waals surface area contributed by atoms with Gasteiger partial charge in [-0.1, -0.05) is 12.1 Å². The van der Waals surface area contributed by atoms with Crippen LogP contribution < -0.4 is 14.8 Å². The second-order valence-electron chi connectivity index (χ2n) is 7.54. The lowest BCUT2D eigenvalue weighted by molar-refractivity contribution is 0.382. The van der Waals surface area contributed by atoms with Crippen LogP contribution >= 0.6 is 0 Å². The van der Waals surface area contributed by atoms with Gasteiger partial charge in [0.1, 0.15) is 11.6 Å². The van der Waals surface area contributed by atoms with Crippen LogP contribution in [-0.2, 0) is 16.4 Å². The Hall–Kier alpha value is -2.12. The molecule has 2 unspecified atom stereocenters. The lowest BCUT2D eigenvalue weighted by Crippen LogP contribution is -2.29. The van der Waals surface area contributed by atoms with Gasteiger partial charge in [-0.25, -0.2) is 12.8 Å². The number of nitrogens with one attached hydrogen (secondary N) is 2. The Morgan fingerprint density at radius 2 is 1.97 bits per heavy atom. The molecule has 2 N–H and O–H groups in total. The highest BCUT2D eigenvalue weighted by atomic mass is 32.2. The van der Waals surface area contributed by atoms with Crippen LogP contribution in [0.2, 0.25) is 0 Å².